The number of carbonyl (C=O) groups excluding carboxylic acids is 1. The van der Waals surface area contributed by atoms with E-state index >= 15 is 0 Å². The summed E-state index contributed by atoms with van der Waals surface area (Å²) < 4.78 is 6.33. The van der Waals surface area contributed by atoms with Crippen LogP contribution in [0.25, 0.3) is 32.9 Å². The van der Waals surface area contributed by atoms with Crippen molar-refractivity contribution in [1.29, 1.82) is 5.26 Å². The Balaban J connectivity index is 1.42. The summed E-state index contributed by atoms with van der Waals surface area (Å²) in [6.45, 7) is 6.84. The van der Waals surface area contributed by atoms with Gasteiger partial charge in [0.15, 0.2) is 0 Å². The number of hydrogen-bond donors (Lipinski definition) is 0. The number of ether oxygens (including phenoxy) is 1. The van der Waals surface area contributed by atoms with E-state index in [-0.39, 0.29) is 18.4 Å². The van der Waals surface area contributed by atoms with Crippen LogP contribution in [0.2, 0.25) is 5.02 Å². The first-order valence-electron chi connectivity index (χ1n) is 14.3. The summed E-state index contributed by atoms with van der Waals surface area (Å²) in [4.78, 5) is 28.6. The summed E-state index contributed by atoms with van der Waals surface area (Å²) >= 11 is 6.66. The minimum Gasteiger partial charge on any atom is -0.476 e. The molecule has 214 valence electrons. The number of nitrogens with zero attached hydrogens (tertiary/aromatic N) is 6. The number of likely N-dealkylation sites (N-methyl/N-ethyl adjacent to an activating group) is 1. The highest BCUT2D eigenvalue weighted by atomic mass is 35.5. The maximum atomic E-state index is 12.5. The Bertz CT molecular complexity index is 1700. The fourth-order valence-electron chi connectivity index (χ4n) is 6.20. The normalized spacial score (nSPS) is 19.3. The molecule has 2 aromatic heterocycles. The minimum atomic E-state index is -0.258. The number of amides is 1. The lowest BCUT2D eigenvalue weighted by Gasteiger charge is -2.41. The van der Waals surface area contributed by atoms with E-state index in [1.807, 2.05) is 36.5 Å². The predicted molar refractivity (Wildman–Crippen MR) is 167 cm³/mol. The quantitative estimate of drug-likeness (QED) is 0.259. The average molecular weight is 581 g/mol. The number of fused-ring (bicyclic) bond motifs is 2. The number of pyridine rings is 2. The zero-order chi connectivity index (χ0) is 29.2. The lowest BCUT2D eigenvalue weighted by molar-refractivity contribution is -0.128. The Labute approximate surface area is 250 Å². The number of hydrogen-bond acceptors (Lipinski definition) is 7. The summed E-state index contributed by atoms with van der Waals surface area (Å²) in [6, 6.07) is 18.4. The van der Waals surface area contributed by atoms with Crippen molar-refractivity contribution >= 4 is 45.0 Å². The molecule has 0 bridgehead atoms. The van der Waals surface area contributed by atoms with Crippen LogP contribution in [-0.4, -0.2) is 77.6 Å². The van der Waals surface area contributed by atoms with Crippen molar-refractivity contribution in [2.45, 2.75) is 31.3 Å². The zero-order valence-corrected chi connectivity index (χ0v) is 24.4. The molecule has 42 heavy (non-hydrogen) atoms. The number of halogens is 1. The van der Waals surface area contributed by atoms with Gasteiger partial charge < -0.3 is 19.4 Å². The molecule has 2 saturated heterocycles. The van der Waals surface area contributed by atoms with E-state index in [1.165, 1.54) is 6.08 Å². The number of anilines is 1. The van der Waals surface area contributed by atoms with E-state index in [0.29, 0.717) is 48.7 Å². The Hall–Kier alpha value is -4.19. The fourth-order valence-corrected chi connectivity index (χ4v) is 6.49. The van der Waals surface area contributed by atoms with Gasteiger partial charge in [-0.2, -0.15) is 5.26 Å². The molecule has 0 saturated carbocycles. The molecule has 2 aliphatic heterocycles. The molecule has 9 heteroatoms. The first-order chi connectivity index (χ1) is 20.5. The van der Waals surface area contributed by atoms with Crippen molar-refractivity contribution in [3.63, 3.8) is 0 Å². The SMILES string of the molecule is C=CC(=O)N1CCN(c2cc(OCC3CCCN3C)nc3cc(-c4cccc5cccc(Cl)c45)cnc23)CC1CC#N. The number of aromatic nitrogens is 2. The molecule has 0 spiro atoms. The molecular weight excluding hydrogens is 548 g/mol. The summed E-state index contributed by atoms with van der Waals surface area (Å²) in [6.07, 6.45) is 5.67. The van der Waals surface area contributed by atoms with E-state index in [9.17, 15) is 10.1 Å². The Morgan fingerprint density at radius 2 is 2.02 bits per heavy atom. The maximum Gasteiger partial charge on any atom is 0.246 e. The van der Waals surface area contributed by atoms with Gasteiger partial charge in [-0.25, -0.2) is 4.98 Å². The first-order valence-corrected chi connectivity index (χ1v) is 14.7. The summed E-state index contributed by atoms with van der Waals surface area (Å²) in [5, 5.41) is 12.2. The number of piperazine rings is 1. The zero-order valence-electron chi connectivity index (χ0n) is 23.7. The van der Waals surface area contributed by atoms with Gasteiger partial charge in [0, 0.05) is 53.9 Å². The largest absolute Gasteiger partial charge is 0.476 e. The van der Waals surface area contributed by atoms with Crippen LogP contribution in [0.1, 0.15) is 19.3 Å². The number of likely N-dealkylation sites (tertiary alicyclic amines) is 1. The summed E-state index contributed by atoms with van der Waals surface area (Å²) in [7, 11) is 2.13. The van der Waals surface area contributed by atoms with Crippen LogP contribution < -0.4 is 9.64 Å². The lowest BCUT2D eigenvalue weighted by Crippen LogP contribution is -2.55. The molecule has 4 aromatic rings. The van der Waals surface area contributed by atoms with E-state index < -0.39 is 0 Å². The fraction of sp³-hybridized carbons (Fsp3) is 0.333. The van der Waals surface area contributed by atoms with Gasteiger partial charge in [-0.05, 0) is 55.6 Å². The van der Waals surface area contributed by atoms with E-state index in [0.717, 1.165) is 52.5 Å². The Kier molecular flexibility index (Phi) is 7.96. The van der Waals surface area contributed by atoms with Crippen LogP contribution in [0, 0.1) is 11.3 Å². The van der Waals surface area contributed by atoms with Crippen molar-refractivity contribution in [2.75, 3.05) is 44.7 Å². The third-order valence-electron chi connectivity index (χ3n) is 8.47. The molecule has 6 rings (SSSR count). The number of carbonyl (C=O) groups is 1. The number of rotatable bonds is 7. The van der Waals surface area contributed by atoms with Crippen molar-refractivity contribution in [3.05, 3.63) is 72.4 Å². The first kappa shape index (κ1) is 28.0. The minimum absolute atomic E-state index is 0.157. The van der Waals surface area contributed by atoms with E-state index in [4.69, 9.17) is 26.3 Å². The number of benzene rings is 2. The van der Waals surface area contributed by atoms with Crippen molar-refractivity contribution in [3.8, 4) is 23.1 Å². The second kappa shape index (κ2) is 12.0. The highest BCUT2D eigenvalue weighted by Crippen LogP contribution is 2.37. The molecule has 2 atom stereocenters. The van der Waals surface area contributed by atoms with E-state index in [1.54, 1.807) is 4.90 Å². The molecule has 1 amide bonds. The van der Waals surface area contributed by atoms with Crippen molar-refractivity contribution in [2.24, 2.45) is 0 Å². The molecule has 4 heterocycles. The van der Waals surface area contributed by atoms with Crippen LogP contribution in [0.4, 0.5) is 5.69 Å². The Morgan fingerprint density at radius 3 is 2.79 bits per heavy atom. The standard InChI is InChI=1S/C33H33ClN6O2/c1-3-31(41)40-16-15-39(20-24(40)12-13-35)29-18-30(42-21-25-9-6-14-38(25)2)37-28-17-23(19-36-33(28)29)26-10-4-7-22-8-5-11-27(34)32(22)26/h3-5,7-8,10-11,17-19,24-25H,1,6,9,12,14-16,20-21H2,2H3. The summed E-state index contributed by atoms with van der Waals surface area (Å²) in [5.41, 5.74) is 4.24. The van der Waals surface area contributed by atoms with Gasteiger partial charge >= 0.3 is 0 Å². The average Bonchev–Trinajstić information content (AvgIpc) is 3.43. The second-order valence-electron chi connectivity index (χ2n) is 11.0. The van der Waals surface area contributed by atoms with Crippen LogP contribution >= 0.6 is 11.6 Å². The monoisotopic (exact) mass is 580 g/mol. The third-order valence-corrected chi connectivity index (χ3v) is 8.78. The van der Waals surface area contributed by atoms with Crippen molar-refractivity contribution in [1.82, 2.24) is 19.8 Å². The molecule has 2 aromatic carbocycles. The number of nitriles is 1. The molecule has 2 fully saturated rings. The van der Waals surface area contributed by atoms with Gasteiger partial charge in [-0.3, -0.25) is 9.78 Å². The van der Waals surface area contributed by atoms with Gasteiger partial charge in [0.1, 0.15) is 12.1 Å². The van der Waals surface area contributed by atoms with Crippen LogP contribution in [-0.2, 0) is 4.79 Å². The lowest BCUT2D eigenvalue weighted by atomic mass is 9.99. The Morgan fingerprint density at radius 1 is 1.19 bits per heavy atom. The predicted octanol–water partition coefficient (Wildman–Crippen LogP) is 5.69. The highest BCUT2D eigenvalue weighted by Gasteiger charge is 2.31. The molecule has 0 N–H and O–H groups in total. The van der Waals surface area contributed by atoms with Gasteiger partial charge in [-0.1, -0.05) is 48.5 Å². The molecule has 2 aliphatic rings. The third kappa shape index (κ3) is 5.38. The molecule has 0 aliphatic carbocycles. The van der Waals surface area contributed by atoms with Crippen LogP contribution in [0.5, 0.6) is 5.88 Å². The molecule has 8 nitrogen and oxygen atoms in total. The van der Waals surface area contributed by atoms with Gasteiger partial charge in [0.25, 0.3) is 0 Å². The van der Waals surface area contributed by atoms with Gasteiger partial charge in [0.05, 0.1) is 29.7 Å². The summed E-state index contributed by atoms with van der Waals surface area (Å²) in [5.74, 6) is 0.379. The van der Waals surface area contributed by atoms with Crippen LogP contribution in [0.15, 0.2) is 67.4 Å². The van der Waals surface area contributed by atoms with Gasteiger partial charge in [0.2, 0.25) is 11.8 Å². The smallest absolute Gasteiger partial charge is 0.246 e. The maximum absolute atomic E-state index is 12.5. The molecule has 0 radical (unpaired) electrons. The second-order valence-corrected chi connectivity index (χ2v) is 11.4. The molecule has 2 unspecified atom stereocenters. The van der Waals surface area contributed by atoms with Crippen molar-refractivity contribution < 1.29 is 9.53 Å². The topological polar surface area (TPSA) is 85.6 Å². The van der Waals surface area contributed by atoms with Gasteiger partial charge in [-0.15, -0.1) is 0 Å². The molecular formula is C33H33ClN6O2. The highest BCUT2D eigenvalue weighted by molar-refractivity contribution is 6.36. The van der Waals surface area contributed by atoms with E-state index in [2.05, 4.69) is 47.7 Å². The van der Waals surface area contributed by atoms with Crippen LogP contribution in [0.3, 0.4) is 0 Å².